The minimum absolute atomic E-state index is 0.0842. The number of hydrogen-bond donors (Lipinski definition) is 1. The van der Waals surface area contributed by atoms with E-state index in [1.807, 2.05) is 340 Å². The summed E-state index contributed by atoms with van der Waals surface area (Å²) in [5.41, 5.74) is 11.5. The Morgan fingerprint density at radius 1 is 0.280 bits per heavy atom. The molecule has 19 heteroatoms. The molecule has 0 unspecified atom stereocenters. The van der Waals surface area contributed by atoms with Crippen LogP contribution in [0.1, 0.15) is 99.7 Å². The second-order valence-corrected chi connectivity index (χ2v) is 39.5. The molecule has 0 amide bonds. The first kappa shape index (κ1) is 91.9. The van der Waals surface area contributed by atoms with Crippen molar-refractivity contribution in [2.75, 3.05) is 10.7 Å². The van der Waals surface area contributed by atoms with Crippen molar-refractivity contribution in [1.29, 1.82) is 0 Å². The number of rotatable bonds is 42. The lowest BCUT2D eigenvalue weighted by atomic mass is 10.0. The first-order valence-electron chi connectivity index (χ1n) is 41.5. The molecule has 0 aliphatic rings. The summed E-state index contributed by atoms with van der Waals surface area (Å²) in [6.07, 6.45) is -3.02. The predicted molar refractivity (Wildman–Crippen MR) is 521 cm³/mol. The fourth-order valence-electron chi connectivity index (χ4n) is 13.0. The smallest absolute Gasteiger partial charge is 0.203 e. The fraction of sp³-hybridized carbons (Fsp3) is 0.208. The quantitative estimate of drug-likeness (QED) is 0.0220. The minimum Gasteiger partial charge on any atom is -0.489 e. The van der Waals surface area contributed by atoms with Gasteiger partial charge in [-0.1, -0.05) is 356 Å². The van der Waals surface area contributed by atoms with Crippen molar-refractivity contribution in [3.05, 3.63) is 426 Å². The van der Waals surface area contributed by atoms with Crippen LogP contribution in [-0.4, -0.2) is 36.3 Å². The maximum absolute atomic E-state index is 11.7. The molecule has 0 fully saturated rings. The van der Waals surface area contributed by atoms with Crippen molar-refractivity contribution in [2.45, 2.75) is 129 Å². The summed E-state index contributed by atoms with van der Waals surface area (Å²) in [5.74, 6) is 6.34. The normalized spacial score (nSPS) is 12.2. The summed E-state index contributed by atoms with van der Waals surface area (Å²) in [5, 5.41) is 12.4. The summed E-state index contributed by atoms with van der Waals surface area (Å²) in [7, 11) is -2.39. The van der Waals surface area contributed by atoms with Crippen LogP contribution in [0, 0.1) is 7.14 Å². The number of aliphatic hydroxyl groups excluding tert-OH is 1. The van der Waals surface area contributed by atoms with Gasteiger partial charge in [0, 0.05) is 46.1 Å². The Balaban J connectivity index is 0.000000216. The highest BCUT2D eigenvalue weighted by Crippen LogP contribution is 2.49. The SMILES string of the molecule is CC(C)(C)[Si](C)(C)O[C@H](CBr)[C@@H](Oc1cc(OCc2ccccc2)cc(OCc2ccccc2)c1I)c1cc(OCc2ccccc2)c(OCc2ccccc2)c(OCc2ccccc2)c1.O[C@H](CBr)[C@@H](Oc1cc(OCc2ccccc2)cc(OCc2ccccc2)c1I)c1cc(OCc2ccccc2)c(OCc2ccccc2)c(OCc2ccccc2)c1. The number of halogens is 4. The van der Waals surface area contributed by atoms with Gasteiger partial charge in [0.15, 0.2) is 37.4 Å². The summed E-state index contributed by atoms with van der Waals surface area (Å²) in [4.78, 5) is 0. The van der Waals surface area contributed by atoms with Gasteiger partial charge in [-0.05, 0) is 143 Å². The molecule has 14 rings (SSSR count). The molecule has 0 aliphatic carbocycles. The van der Waals surface area contributed by atoms with Crippen LogP contribution in [0.15, 0.2) is 352 Å². The second kappa shape index (κ2) is 47.0. The molecule has 642 valence electrons. The van der Waals surface area contributed by atoms with Crippen LogP contribution in [0.2, 0.25) is 18.1 Å². The molecule has 0 aromatic heterocycles. The van der Waals surface area contributed by atoms with Crippen molar-refractivity contribution in [3.8, 4) is 69.0 Å². The molecule has 125 heavy (non-hydrogen) atoms. The topological polar surface area (TPSA) is 140 Å². The zero-order chi connectivity index (χ0) is 87.0. The van der Waals surface area contributed by atoms with E-state index in [1.54, 1.807) is 0 Å². The van der Waals surface area contributed by atoms with E-state index < -0.39 is 32.7 Å². The number of benzene rings is 14. The lowest BCUT2D eigenvalue weighted by Crippen LogP contribution is -2.46. The van der Waals surface area contributed by atoms with E-state index in [-0.39, 0.29) is 30.2 Å². The third-order valence-electron chi connectivity index (χ3n) is 20.8. The van der Waals surface area contributed by atoms with E-state index in [4.69, 9.17) is 61.3 Å². The maximum Gasteiger partial charge on any atom is 0.203 e. The van der Waals surface area contributed by atoms with Gasteiger partial charge in [-0.25, -0.2) is 0 Å². The average Bonchev–Trinajstić information content (AvgIpc) is 0.780. The van der Waals surface area contributed by atoms with Crippen LogP contribution in [-0.2, 0) is 70.5 Å². The number of hydrogen-bond acceptors (Lipinski definition) is 14. The Labute approximate surface area is 779 Å². The first-order valence-corrected chi connectivity index (χ1v) is 48.8. The molecule has 14 aromatic carbocycles. The zero-order valence-corrected chi connectivity index (χ0v) is 79.0. The van der Waals surface area contributed by atoms with Crippen LogP contribution < -0.4 is 56.8 Å². The largest absolute Gasteiger partial charge is 0.489 e. The van der Waals surface area contributed by atoms with E-state index in [0.29, 0.717) is 126 Å². The van der Waals surface area contributed by atoms with Gasteiger partial charge in [-0.3, -0.25) is 0 Å². The minimum atomic E-state index is -2.39. The van der Waals surface area contributed by atoms with Crippen LogP contribution in [0.5, 0.6) is 69.0 Å². The monoisotopic (exact) mass is 2040 g/mol. The van der Waals surface area contributed by atoms with E-state index in [1.165, 1.54) is 0 Å². The van der Waals surface area contributed by atoms with Gasteiger partial charge in [-0.2, -0.15) is 0 Å². The molecule has 14 aromatic rings. The molecule has 0 saturated carbocycles. The Bertz CT molecular complexity index is 5460. The van der Waals surface area contributed by atoms with Gasteiger partial charge in [0.05, 0.1) is 13.2 Å². The van der Waals surface area contributed by atoms with Crippen molar-refractivity contribution in [1.82, 2.24) is 0 Å². The molecule has 0 aliphatic heterocycles. The van der Waals surface area contributed by atoms with Crippen molar-refractivity contribution in [2.24, 2.45) is 0 Å². The standard InChI is InChI=1S/C56H58BrIO7Si.C50H44BrIO7/c1-56(2,3)66(4,5)65-52(35-57)54(64-49-34-47(59-36-41-21-11-6-12-22-41)33-48(53(49)58)60-37-42-23-13-7-14-24-42)46-31-50(61-38-43-25-15-8-16-26-43)55(63-40-45-29-19-10-20-30-45)51(32-46)62-39-44-27-17-9-18-28-44;51-30-43(53)49(59-45-29-42(54-31-36-16-6-1-7-17-36)28-44(48(45)52)55-32-37-18-8-2-9-19-37)41-26-46(56-33-38-20-10-3-11-21-38)50(58-35-40-24-14-5-15-25-40)47(27-41)57-34-39-22-12-4-13-23-39/h6-34,52,54H,35-40H2,1-5H3;1-29,43,49,53H,30-35H2/t52-,54+;43-,49+/m11/s1. The van der Waals surface area contributed by atoms with Crippen LogP contribution >= 0.6 is 77.0 Å². The predicted octanol–water partition coefficient (Wildman–Crippen LogP) is 27.2. The summed E-state index contributed by atoms with van der Waals surface area (Å²) in [6, 6.07) is 116. The molecule has 0 heterocycles. The number of ether oxygens (including phenoxy) is 12. The molecule has 0 spiro atoms. The van der Waals surface area contributed by atoms with Gasteiger partial charge < -0.3 is 66.4 Å². The fourth-order valence-corrected chi connectivity index (χ4v) is 16.6. The second-order valence-electron chi connectivity index (χ2n) is 31.3. The first-order chi connectivity index (χ1) is 61.0. The molecule has 0 radical (unpaired) electrons. The Hall–Kier alpha value is -10.8. The van der Waals surface area contributed by atoms with Crippen LogP contribution in [0.4, 0.5) is 0 Å². The highest BCUT2D eigenvalue weighted by Gasteiger charge is 2.42. The molecular weight excluding hydrogens is 1940 g/mol. The van der Waals surface area contributed by atoms with E-state index in [0.717, 1.165) is 68.3 Å². The third-order valence-corrected chi connectivity index (χ3v) is 28.8. The lowest BCUT2D eigenvalue weighted by Gasteiger charge is -2.41. The lowest BCUT2D eigenvalue weighted by molar-refractivity contribution is 0.0504. The van der Waals surface area contributed by atoms with Crippen molar-refractivity contribution >= 4 is 85.4 Å². The molecule has 4 atom stereocenters. The zero-order valence-electron chi connectivity index (χ0n) is 70.5. The maximum atomic E-state index is 11.7. The molecule has 14 nitrogen and oxygen atoms in total. The summed E-state index contributed by atoms with van der Waals surface area (Å²) in [6.45, 7) is 14.5. The molecule has 0 bridgehead atoms. The van der Waals surface area contributed by atoms with Gasteiger partial charge >= 0.3 is 0 Å². The summed E-state index contributed by atoms with van der Waals surface area (Å²) >= 11 is 12.0. The van der Waals surface area contributed by atoms with E-state index >= 15 is 0 Å². The third kappa shape index (κ3) is 27.6. The highest BCUT2D eigenvalue weighted by molar-refractivity contribution is 14.1. The average molecular weight is 2040 g/mol. The molecule has 1 N–H and O–H groups in total. The van der Waals surface area contributed by atoms with Crippen LogP contribution in [0.3, 0.4) is 0 Å². The van der Waals surface area contributed by atoms with E-state index in [2.05, 4.69) is 123 Å². The van der Waals surface area contributed by atoms with Gasteiger partial charge in [0.2, 0.25) is 11.5 Å². The highest BCUT2D eigenvalue weighted by atomic mass is 127. The van der Waals surface area contributed by atoms with Gasteiger partial charge in [0.25, 0.3) is 0 Å². The van der Waals surface area contributed by atoms with Crippen LogP contribution in [0.25, 0.3) is 0 Å². The summed E-state index contributed by atoms with van der Waals surface area (Å²) < 4.78 is 88.8. The molecule has 0 saturated heterocycles. The van der Waals surface area contributed by atoms with Crippen molar-refractivity contribution < 1.29 is 66.4 Å². The van der Waals surface area contributed by atoms with Crippen molar-refractivity contribution in [3.63, 3.8) is 0 Å². The molecular formula is C106H102Br2I2O14Si. The van der Waals surface area contributed by atoms with Gasteiger partial charge in [-0.15, -0.1) is 0 Å². The Kier molecular flexibility index (Phi) is 34.6. The number of aliphatic hydroxyl groups is 1. The Morgan fingerprint density at radius 3 is 0.736 bits per heavy atom. The van der Waals surface area contributed by atoms with Gasteiger partial charge in [0.1, 0.15) is 113 Å². The number of alkyl halides is 2. The Morgan fingerprint density at radius 2 is 0.496 bits per heavy atom. The van der Waals surface area contributed by atoms with E-state index in [9.17, 15) is 5.11 Å².